The molecule has 0 unspecified atom stereocenters. The number of pyridine rings is 1. The average molecular weight is 189 g/mol. The van der Waals surface area contributed by atoms with Gasteiger partial charge in [-0.2, -0.15) is 0 Å². The van der Waals surface area contributed by atoms with Crippen LogP contribution in [0.5, 0.6) is 0 Å². The largest absolute Gasteiger partial charge is 0.398 e. The summed E-state index contributed by atoms with van der Waals surface area (Å²) >= 11 is 0. The molecule has 0 radical (unpaired) electrons. The SMILES string of the molecule is CC(C)(C)c1[nH]cc2c(N)ccnc12. The van der Waals surface area contributed by atoms with Crippen molar-refractivity contribution in [3.05, 3.63) is 24.2 Å². The van der Waals surface area contributed by atoms with Gasteiger partial charge in [0.2, 0.25) is 0 Å². The second-order valence-corrected chi connectivity index (χ2v) is 4.58. The van der Waals surface area contributed by atoms with E-state index in [1.54, 1.807) is 6.20 Å². The van der Waals surface area contributed by atoms with Crippen LogP contribution in [0.25, 0.3) is 10.9 Å². The van der Waals surface area contributed by atoms with Gasteiger partial charge in [0.15, 0.2) is 0 Å². The van der Waals surface area contributed by atoms with Crippen molar-refractivity contribution < 1.29 is 0 Å². The van der Waals surface area contributed by atoms with Gasteiger partial charge < -0.3 is 10.7 Å². The number of nitrogen functional groups attached to an aromatic ring is 1. The second-order valence-electron chi connectivity index (χ2n) is 4.58. The molecule has 0 saturated carbocycles. The van der Waals surface area contributed by atoms with E-state index in [2.05, 4.69) is 30.7 Å². The van der Waals surface area contributed by atoms with Crippen molar-refractivity contribution in [2.75, 3.05) is 5.73 Å². The predicted octanol–water partition coefficient (Wildman–Crippen LogP) is 2.44. The maximum Gasteiger partial charge on any atom is 0.0935 e. The van der Waals surface area contributed by atoms with Gasteiger partial charge in [-0.1, -0.05) is 20.8 Å². The van der Waals surface area contributed by atoms with Crippen LogP contribution < -0.4 is 5.73 Å². The highest BCUT2D eigenvalue weighted by atomic mass is 14.8. The first-order valence-electron chi connectivity index (χ1n) is 4.72. The van der Waals surface area contributed by atoms with Crippen LogP contribution in [0, 0.1) is 0 Å². The van der Waals surface area contributed by atoms with E-state index in [1.807, 2.05) is 12.3 Å². The molecule has 3 heteroatoms. The first-order valence-corrected chi connectivity index (χ1v) is 4.72. The molecule has 2 aromatic heterocycles. The zero-order valence-electron chi connectivity index (χ0n) is 8.76. The number of aromatic amines is 1. The molecule has 2 heterocycles. The molecule has 0 aromatic carbocycles. The van der Waals surface area contributed by atoms with Crippen LogP contribution in [0.15, 0.2) is 18.5 Å². The molecule has 74 valence electrons. The van der Waals surface area contributed by atoms with E-state index in [-0.39, 0.29) is 5.41 Å². The van der Waals surface area contributed by atoms with Crippen LogP contribution >= 0.6 is 0 Å². The Balaban J connectivity index is 2.76. The monoisotopic (exact) mass is 189 g/mol. The first kappa shape index (κ1) is 9.06. The highest BCUT2D eigenvalue weighted by molar-refractivity contribution is 5.92. The number of nitrogens with two attached hydrogens (primary N) is 1. The molecule has 0 aliphatic heterocycles. The fraction of sp³-hybridized carbons (Fsp3) is 0.364. The Labute approximate surface area is 83.3 Å². The van der Waals surface area contributed by atoms with Crippen LogP contribution in [-0.2, 0) is 5.41 Å². The number of hydrogen-bond acceptors (Lipinski definition) is 2. The average Bonchev–Trinajstić information content (AvgIpc) is 2.47. The summed E-state index contributed by atoms with van der Waals surface area (Å²) in [5, 5.41) is 1.01. The van der Waals surface area contributed by atoms with Crippen molar-refractivity contribution in [2.45, 2.75) is 26.2 Å². The lowest BCUT2D eigenvalue weighted by Gasteiger charge is -2.16. The topological polar surface area (TPSA) is 54.7 Å². The van der Waals surface area contributed by atoms with Gasteiger partial charge in [0.25, 0.3) is 0 Å². The Kier molecular flexibility index (Phi) is 1.77. The summed E-state index contributed by atoms with van der Waals surface area (Å²) < 4.78 is 0. The van der Waals surface area contributed by atoms with Crippen LogP contribution in [0.3, 0.4) is 0 Å². The molecule has 3 N–H and O–H groups in total. The van der Waals surface area contributed by atoms with E-state index < -0.39 is 0 Å². The Morgan fingerprint density at radius 1 is 1.36 bits per heavy atom. The lowest BCUT2D eigenvalue weighted by molar-refractivity contribution is 0.577. The van der Waals surface area contributed by atoms with Crippen molar-refractivity contribution in [3.8, 4) is 0 Å². The summed E-state index contributed by atoms with van der Waals surface area (Å²) in [6, 6.07) is 1.82. The molecule has 2 aromatic rings. The minimum absolute atomic E-state index is 0.0720. The van der Waals surface area contributed by atoms with Gasteiger partial charge in [-0.15, -0.1) is 0 Å². The molecule has 2 rings (SSSR count). The van der Waals surface area contributed by atoms with E-state index in [0.717, 1.165) is 22.3 Å². The summed E-state index contributed by atoms with van der Waals surface area (Å²) in [5.41, 5.74) is 8.83. The minimum Gasteiger partial charge on any atom is -0.398 e. The van der Waals surface area contributed by atoms with Crippen molar-refractivity contribution in [1.29, 1.82) is 0 Å². The molecule has 0 aliphatic rings. The molecule has 0 atom stereocenters. The van der Waals surface area contributed by atoms with Gasteiger partial charge in [-0.05, 0) is 6.07 Å². The van der Waals surface area contributed by atoms with Crippen molar-refractivity contribution in [3.63, 3.8) is 0 Å². The minimum atomic E-state index is 0.0720. The maximum atomic E-state index is 5.85. The molecule has 0 saturated heterocycles. The first-order chi connectivity index (χ1) is 6.50. The molecule has 14 heavy (non-hydrogen) atoms. The van der Waals surface area contributed by atoms with Crippen LogP contribution in [0.1, 0.15) is 26.5 Å². The molecular weight excluding hydrogens is 174 g/mol. The molecule has 0 fully saturated rings. The van der Waals surface area contributed by atoms with E-state index in [4.69, 9.17) is 5.73 Å². The number of anilines is 1. The molecule has 0 bridgehead atoms. The fourth-order valence-corrected chi connectivity index (χ4v) is 1.62. The molecule has 3 nitrogen and oxygen atoms in total. The lowest BCUT2D eigenvalue weighted by Crippen LogP contribution is -2.12. The van der Waals surface area contributed by atoms with Gasteiger partial charge in [-0.3, -0.25) is 4.98 Å². The van der Waals surface area contributed by atoms with E-state index >= 15 is 0 Å². The number of nitrogens with one attached hydrogen (secondary N) is 1. The summed E-state index contributed by atoms with van der Waals surface area (Å²) in [7, 11) is 0. The second kappa shape index (κ2) is 2.74. The van der Waals surface area contributed by atoms with Crippen LogP contribution in [-0.4, -0.2) is 9.97 Å². The lowest BCUT2D eigenvalue weighted by atomic mass is 9.91. The normalized spacial score (nSPS) is 12.2. The zero-order valence-corrected chi connectivity index (χ0v) is 8.76. The van der Waals surface area contributed by atoms with Crippen molar-refractivity contribution in [1.82, 2.24) is 9.97 Å². The van der Waals surface area contributed by atoms with Crippen LogP contribution in [0.4, 0.5) is 5.69 Å². The van der Waals surface area contributed by atoms with E-state index in [9.17, 15) is 0 Å². The van der Waals surface area contributed by atoms with Crippen molar-refractivity contribution >= 4 is 16.6 Å². The van der Waals surface area contributed by atoms with Crippen LogP contribution in [0.2, 0.25) is 0 Å². The summed E-state index contributed by atoms with van der Waals surface area (Å²) in [5.74, 6) is 0. The Hall–Kier alpha value is -1.51. The molecule has 0 amide bonds. The number of H-pyrrole nitrogens is 1. The number of aromatic nitrogens is 2. The summed E-state index contributed by atoms with van der Waals surface area (Å²) in [4.78, 5) is 7.61. The highest BCUT2D eigenvalue weighted by Crippen LogP contribution is 2.29. The number of fused-ring (bicyclic) bond motifs is 1. The maximum absolute atomic E-state index is 5.85. The smallest absolute Gasteiger partial charge is 0.0935 e. The Bertz CT molecular complexity index is 463. The molecular formula is C11H15N3. The van der Waals surface area contributed by atoms with Gasteiger partial charge in [0.1, 0.15) is 0 Å². The van der Waals surface area contributed by atoms with E-state index in [1.165, 1.54) is 0 Å². The summed E-state index contributed by atoms with van der Waals surface area (Å²) in [6.45, 7) is 6.47. The fourth-order valence-electron chi connectivity index (χ4n) is 1.62. The van der Waals surface area contributed by atoms with Crippen molar-refractivity contribution in [2.24, 2.45) is 0 Å². The van der Waals surface area contributed by atoms with Gasteiger partial charge in [-0.25, -0.2) is 0 Å². The molecule has 0 spiro atoms. The standard InChI is InChI=1S/C11H15N3/c1-11(2,3)10-9-7(6-14-10)8(12)4-5-13-9/h4-6,14H,12H2,1-3H3. The third-order valence-corrected chi connectivity index (χ3v) is 2.37. The summed E-state index contributed by atoms with van der Waals surface area (Å²) in [6.07, 6.45) is 3.68. The van der Waals surface area contributed by atoms with Gasteiger partial charge in [0, 0.05) is 34.6 Å². The third-order valence-electron chi connectivity index (χ3n) is 2.37. The highest BCUT2D eigenvalue weighted by Gasteiger charge is 2.19. The van der Waals surface area contributed by atoms with E-state index in [0.29, 0.717) is 0 Å². The number of rotatable bonds is 0. The Morgan fingerprint density at radius 3 is 2.71 bits per heavy atom. The zero-order chi connectivity index (χ0) is 10.3. The quantitative estimate of drug-likeness (QED) is 0.668. The number of hydrogen-bond donors (Lipinski definition) is 2. The number of nitrogens with zero attached hydrogens (tertiary/aromatic N) is 1. The third kappa shape index (κ3) is 1.25. The predicted molar refractivity (Wildman–Crippen MR) is 59.2 cm³/mol. The molecule has 0 aliphatic carbocycles. The Morgan fingerprint density at radius 2 is 2.07 bits per heavy atom. The van der Waals surface area contributed by atoms with Gasteiger partial charge in [0.05, 0.1) is 5.52 Å². The van der Waals surface area contributed by atoms with Gasteiger partial charge >= 0.3 is 0 Å².